The van der Waals surface area contributed by atoms with Crippen LogP contribution in [0.1, 0.15) is 50.5 Å². The van der Waals surface area contributed by atoms with E-state index in [9.17, 15) is 9.59 Å². The highest BCUT2D eigenvalue weighted by Gasteiger charge is 2.39. The summed E-state index contributed by atoms with van der Waals surface area (Å²) in [5.74, 6) is -0.676. The number of esters is 1. The van der Waals surface area contributed by atoms with Gasteiger partial charge in [-0.1, -0.05) is 28.1 Å². The molecular formula is C22H24BrNO4. The van der Waals surface area contributed by atoms with Gasteiger partial charge in [-0.2, -0.15) is 0 Å². The molecule has 1 N–H and O–H groups in total. The number of hydrogen-bond acceptors (Lipinski definition) is 5. The fraction of sp³-hybridized carbons (Fsp3) is 0.455. The Morgan fingerprint density at radius 2 is 2.18 bits per heavy atom. The first kappa shape index (κ1) is 19.4. The number of dihydropyridines is 1. The van der Waals surface area contributed by atoms with Gasteiger partial charge < -0.3 is 14.8 Å². The van der Waals surface area contributed by atoms with Gasteiger partial charge >= 0.3 is 5.97 Å². The number of ether oxygens (including phenoxy) is 2. The number of allylic oxidation sites excluding steroid dienone is 3. The minimum atomic E-state index is -0.404. The van der Waals surface area contributed by atoms with Crippen molar-refractivity contribution in [1.29, 1.82) is 0 Å². The summed E-state index contributed by atoms with van der Waals surface area (Å²) in [7, 11) is 0. The van der Waals surface area contributed by atoms with Crippen molar-refractivity contribution < 1.29 is 19.1 Å². The molecule has 5 nitrogen and oxygen atoms in total. The van der Waals surface area contributed by atoms with Crippen LogP contribution >= 0.6 is 15.9 Å². The van der Waals surface area contributed by atoms with Gasteiger partial charge in [-0.25, -0.2) is 4.79 Å². The predicted molar refractivity (Wildman–Crippen MR) is 109 cm³/mol. The van der Waals surface area contributed by atoms with Gasteiger partial charge in [0.25, 0.3) is 0 Å². The summed E-state index contributed by atoms with van der Waals surface area (Å²) < 4.78 is 12.1. The van der Waals surface area contributed by atoms with Gasteiger partial charge in [0.15, 0.2) is 5.78 Å². The zero-order chi connectivity index (χ0) is 19.7. The second-order valence-corrected chi connectivity index (χ2v) is 8.47. The van der Waals surface area contributed by atoms with Crippen LogP contribution in [0, 0.1) is 0 Å². The van der Waals surface area contributed by atoms with Crippen molar-refractivity contribution in [2.24, 2.45) is 0 Å². The van der Waals surface area contributed by atoms with E-state index in [1.165, 1.54) is 0 Å². The molecule has 0 spiro atoms. The molecule has 1 aliphatic carbocycles. The van der Waals surface area contributed by atoms with E-state index in [0.29, 0.717) is 17.6 Å². The Kier molecular flexibility index (Phi) is 5.69. The van der Waals surface area contributed by atoms with Crippen molar-refractivity contribution in [2.75, 3.05) is 13.2 Å². The quantitative estimate of drug-likeness (QED) is 0.705. The molecule has 0 bridgehead atoms. The highest BCUT2D eigenvalue weighted by Crippen LogP contribution is 2.43. The van der Waals surface area contributed by atoms with Crippen molar-refractivity contribution >= 4 is 27.7 Å². The van der Waals surface area contributed by atoms with E-state index in [1.807, 2.05) is 31.2 Å². The number of hydrogen-bond donors (Lipinski definition) is 1. The van der Waals surface area contributed by atoms with Crippen molar-refractivity contribution in [1.82, 2.24) is 5.32 Å². The van der Waals surface area contributed by atoms with Crippen LogP contribution in [-0.4, -0.2) is 31.1 Å². The van der Waals surface area contributed by atoms with E-state index in [2.05, 4.69) is 21.2 Å². The lowest BCUT2D eigenvalue weighted by Crippen LogP contribution is -2.35. The molecule has 0 aromatic heterocycles. The van der Waals surface area contributed by atoms with Gasteiger partial charge in [0.1, 0.15) is 6.61 Å². The topological polar surface area (TPSA) is 64.6 Å². The second-order valence-electron chi connectivity index (χ2n) is 7.55. The van der Waals surface area contributed by atoms with E-state index < -0.39 is 5.92 Å². The lowest BCUT2D eigenvalue weighted by Gasteiger charge is -2.34. The van der Waals surface area contributed by atoms with Crippen molar-refractivity contribution in [3.63, 3.8) is 0 Å². The second kappa shape index (κ2) is 8.21. The number of halogens is 1. The third-order valence-corrected chi connectivity index (χ3v) is 6.10. The molecule has 0 saturated carbocycles. The summed E-state index contributed by atoms with van der Waals surface area (Å²) in [6.45, 7) is 2.86. The van der Waals surface area contributed by atoms with E-state index in [1.54, 1.807) is 0 Å². The standard InChI is InChI=1S/C22H24BrNO4/c1-13-19(22(26)28-12-16-7-4-10-27-16)20(14-5-2-6-15(23)11-14)21-17(24-13)8-3-9-18(21)25/h2,5-6,11,16,20,24H,3-4,7-10,12H2,1H3/t16-,20+/m1/s1. The van der Waals surface area contributed by atoms with Crippen LogP contribution in [0.5, 0.6) is 0 Å². The zero-order valence-electron chi connectivity index (χ0n) is 15.9. The highest BCUT2D eigenvalue weighted by atomic mass is 79.9. The molecule has 1 saturated heterocycles. The Morgan fingerprint density at radius 3 is 2.93 bits per heavy atom. The lowest BCUT2D eigenvalue weighted by molar-refractivity contribution is -0.142. The van der Waals surface area contributed by atoms with E-state index in [-0.39, 0.29) is 24.5 Å². The number of rotatable bonds is 4. The van der Waals surface area contributed by atoms with Gasteiger partial charge in [-0.05, 0) is 50.3 Å². The molecule has 2 aliphatic heterocycles. The van der Waals surface area contributed by atoms with Crippen LogP contribution in [0.2, 0.25) is 0 Å². The SMILES string of the molecule is CC1=C(C(=O)OC[C@H]2CCCO2)[C@H](c2cccc(Br)c2)C2=C(CCCC2=O)N1. The Bertz CT molecular complexity index is 867. The molecule has 0 amide bonds. The Balaban J connectivity index is 1.69. The van der Waals surface area contributed by atoms with Gasteiger partial charge in [-0.3, -0.25) is 4.79 Å². The van der Waals surface area contributed by atoms with E-state index >= 15 is 0 Å². The summed E-state index contributed by atoms with van der Waals surface area (Å²) in [6, 6.07) is 7.81. The van der Waals surface area contributed by atoms with Crippen molar-refractivity contribution in [3.05, 3.63) is 56.8 Å². The lowest BCUT2D eigenvalue weighted by atomic mass is 9.75. The number of nitrogens with one attached hydrogen (secondary N) is 1. The Hall–Kier alpha value is -1.92. The molecule has 0 unspecified atom stereocenters. The predicted octanol–water partition coefficient (Wildman–Crippen LogP) is 4.14. The molecule has 28 heavy (non-hydrogen) atoms. The maximum absolute atomic E-state index is 13.1. The summed E-state index contributed by atoms with van der Waals surface area (Å²) in [6.07, 6.45) is 4.05. The smallest absolute Gasteiger partial charge is 0.336 e. The van der Waals surface area contributed by atoms with Crippen molar-refractivity contribution in [3.8, 4) is 0 Å². The molecule has 4 rings (SSSR count). The molecular weight excluding hydrogens is 422 g/mol. The fourth-order valence-corrected chi connectivity index (χ4v) is 4.71. The van der Waals surface area contributed by atoms with E-state index in [4.69, 9.17) is 9.47 Å². The molecule has 3 aliphatic rings. The number of carbonyl (C=O) groups excluding carboxylic acids is 2. The average Bonchev–Trinajstić information content (AvgIpc) is 3.19. The van der Waals surface area contributed by atoms with Crippen LogP contribution in [0.15, 0.2) is 51.3 Å². The first-order valence-electron chi connectivity index (χ1n) is 9.83. The largest absolute Gasteiger partial charge is 0.459 e. The monoisotopic (exact) mass is 445 g/mol. The first-order valence-corrected chi connectivity index (χ1v) is 10.6. The fourth-order valence-electron chi connectivity index (χ4n) is 4.30. The number of benzene rings is 1. The van der Waals surface area contributed by atoms with Crippen molar-refractivity contribution in [2.45, 2.75) is 51.0 Å². The third kappa shape index (κ3) is 3.80. The summed E-state index contributed by atoms with van der Waals surface area (Å²) >= 11 is 3.51. The normalized spacial score (nSPS) is 24.9. The van der Waals surface area contributed by atoms with Gasteiger partial charge in [-0.15, -0.1) is 0 Å². The molecule has 2 atom stereocenters. The number of ketones is 1. The minimum absolute atomic E-state index is 0.0307. The highest BCUT2D eigenvalue weighted by molar-refractivity contribution is 9.10. The average molecular weight is 446 g/mol. The maximum atomic E-state index is 13.1. The Labute approximate surface area is 173 Å². The molecule has 0 radical (unpaired) electrons. The summed E-state index contributed by atoms with van der Waals surface area (Å²) in [4.78, 5) is 25.9. The number of Topliss-reactive ketones (excluding diaryl/α,β-unsaturated/α-hetero) is 1. The van der Waals surface area contributed by atoms with Crippen LogP contribution in [-0.2, 0) is 19.1 Å². The van der Waals surface area contributed by atoms with Crippen LogP contribution in [0.25, 0.3) is 0 Å². The molecule has 1 fully saturated rings. The molecule has 6 heteroatoms. The minimum Gasteiger partial charge on any atom is -0.459 e. The molecule has 1 aromatic rings. The summed E-state index contributed by atoms with van der Waals surface area (Å²) in [5, 5.41) is 3.32. The third-order valence-electron chi connectivity index (χ3n) is 5.60. The molecule has 148 valence electrons. The maximum Gasteiger partial charge on any atom is 0.336 e. The van der Waals surface area contributed by atoms with Gasteiger partial charge in [0.2, 0.25) is 0 Å². The first-order chi connectivity index (χ1) is 13.5. The van der Waals surface area contributed by atoms with E-state index in [0.717, 1.165) is 53.7 Å². The Morgan fingerprint density at radius 1 is 1.32 bits per heavy atom. The van der Waals surface area contributed by atoms with Crippen LogP contribution in [0.3, 0.4) is 0 Å². The molecule has 2 heterocycles. The van der Waals surface area contributed by atoms with Gasteiger partial charge in [0.05, 0.1) is 11.7 Å². The van der Waals surface area contributed by atoms with Gasteiger partial charge in [0, 0.05) is 40.4 Å². The zero-order valence-corrected chi connectivity index (χ0v) is 17.5. The summed E-state index contributed by atoms with van der Waals surface area (Å²) in [5.41, 5.74) is 3.84. The van der Waals surface area contributed by atoms with Crippen LogP contribution < -0.4 is 5.32 Å². The molecule has 1 aromatic carbocycles. The number of carbonyl (C=O) groups is 2. The van der Waals surface area contributed by atoms with Crippen LogP contribution in [0.4, 0.5) is 0 Å².